The molecule has 0 saturated heterocycles. The number of hydrogen-bond donors (Lipinski definition) is 2. The highest BCUT2D eigenvalue weighted by molar-refractivity contribution is 6.30. The molecule has 0 spiro atoms. The standard InChI is InChI=1S/C26H21ClF3N5O2/c1-16(18-10-11-23(31-14-18)33-25(37)17-6-3-2-4-7-17)24(36)32-15-21-13-22(26(28,29)30)34-35(21)20-9-5-8-19(27)12-20/h2-14,16H,15H2,1H3,(H,32,36)(H,31,33,37). The first kappa shape index (κ1) is 25.9. The molecule has 2 aromatic heterocycles. The Morgan fingerprint density at radius 3 is 2.43 bits per heavy atom. The molecule has 0 bridgehead atoms. The lowest BCUT2D eigenvalue weighted by Gasteiger charge is -2.14. The average molecular weight is 528 g/mol. The van der Waals surface area contributed by atoms with E-state index in [1.54, 1.807) is 67.6 Å². The van der Waals surface area contributed by atoms with Crippen LogP contribution in [-0.4, -0.2) is 26.6 Å². The zero-order chi connectivity index (χ0) is 26.6. The molecular formula is C26H21ClF3N5O2. The van der Waals surface area contributed by atoms with Crippen molar-refractivity contribution in [2.75, 3.05) is 5.32 Å². The van der Waals surface area contributed by atoms with E-state index in [1.165, 1.54) is 12.3 Å². The van der Waals surface area contributed by atoms with Gasteiger partial charge in [-0.15, -0.1) is 0 Å². The number of amides is 2. The topological polar surface area (TPSA) is 88.9 Å². The van der Waals surface area contributed by atoms with Gasteiger partial charge in [0.25, 0.3) is 5.91 Å². The second-order valence-corrected chi connectivity index (χ2v) is 8.58. The van der Waals surface area contributed by atoms with Gasteiger partial charge in [0, 0.05) is 16.8 Å². The molecule has 0 aliphatic heterocycles. The summed E-state index contributed by atoms with van der Waals surface area (Å²) >= 11 is 5.99. The summed E-state index contributed by atoms with van der Waals surface area (Å²) in [7, 11) is 0. The number of hydrogen-bond acceptors (Lipinski definition) is 4. The van der Waals surface area contributed by atoms with E-state index in [-0.39, 0.29) is 18.1 Å². The molecule has 2 heterocycles. The number of aromatic nitrogens is 3. The Hall–Kier alpha value is -4.18. The number of carbonyl (C=O) groups excluding carboxylic acids is 2. The number of alkyl halides is 3. The summed E-state index contributed by atoms with van der Waals surface area (Å²) in [5.74, 6) is -1.08. The highest BCUT2D eigenvalue weighted by Crippen LogP contribution is 2.30. The first-order valence-corrected chi connectivity index (χ1v) is 11.5. The largest absolute Gasteiger partial charge is 0.435 e. The minimum atomic E-state index is -4.65. The van der Waals surface area contributed by atoms with Crippen LogP contribution < -0.4 is 10.6 Å². The first-order valence-electron chi connectivity index (χ1n) is 11.1. The Balaban J connectivity index is 1.44. The Bertz CT molecular complexity index is 1410. The Labute approximate surface area is 215 Å². The van der Waals surface area contributed by atoms with Crippen LogP contribution in [0.25, 0.3) is 5.69 Å². The molecule has 2 aromatic carbocycles. The number of halogens is 4. The van der Waals surface area contributed by atoms with Gasteiger partial charge in [0.1, 0.15) is 5.82 Å². The van der Waals surface area contributed by atoms with Gasteiger partial charge in [0.05, 0.1) is 23.8 Å². The molecule has 4 rings (SSSR count). The number of pyridine rings is 1. The molecule has 2 amide bonds. The van der Waals surface area contributed by atoms with E-state index < -0.39 is 23.7 Å². The zero-order valence-electron chi connectivity index (χ0n) is 19.5. The maximum absolute atomic E-state index is 13.3. The van der Waals surface area contributed by atoms with Gasteiger partial charge in [-0.2, -0.15) is 18.3 Å². The van der Waals surface area contributed by atoms with E-state index in [2.05, 4.69) is 20.7 Å². The van der Waals surface area contributed by atoms with Crippen LogP contribution in [0.15, 0.2) is 79.0 Å². The summed E-state index contributed by atoms with van der Waals surface area (Å²) in [5.41, 5.74) is 0.424. The molecule has 0 radical (unpaired) electrons. The molecule has 190 valence electrons. The van der Waals surface area contributed by atoms with Crippen molar-refractivity contribution < 1.29 is 22.8 Å². The van der Waals surface area contributed by atoms with Crippen molar-refractivity contribution in [3.8, 4) is 5.69 Å². The molecule has 1 atom stereocenters. The first-order chi connectivity index (χ1) is 17.6. The average Bonchev–Trinajstić information content (AvgIpc) is 3.33. The summed E-state index contributed by atoms with van der Waals surface area (Å²) in [4.78, 5) is 29.3. The van der Waals surface area contributed by atoms with Crippen molar-refractivity contribution in [3.63, 3.8) is 0 Å². The summed E-state index contributed by atoms with van der Waals surface area (Å²) in [6, 6.07) is 19.0. The molecule has 1 unspecified atom stereocenters. The summed E-state index contributed by atoms with van der Waals surface area (Å²) in [5, 5.41) is 9.34. The highest BCUT2D eigenvalue weighted by atomic mass is 35.5. The van der Waals surface area contributed by atoms with E-state index in [4.69, 9.17) is 11.6 Å². The van der Waals surface area contributed by atoms with Gasteiger partial charge >= 0.3 is 6.18 Å². The highest BCUT2D eigenvalue weighted by Gasteiger charge is 2.35. The second kappa shape index (κ2) is 10.8. The molecule has 0 aliphatic rings. The Morgan fingerprint density at radius 2 is 1.78 bits per heavy atom. The number of nitrogens with zero attached hydrogens (tertiary/aromatic N) is 3. The fourth-order valence-corrected chi connectivity index (χ4v) is 3.70. The number of anilines is 1. The van der Waals surface area contributed by atoms with Gasteiger partial charge in [-0.3, -0.25) is 9.59 Å². The normalized spacial score (nSPS) is 12.1. The third-order valence-corrected chi connectivity index (χ3v) is 5.76. The van der Waals surface area contributed by atoms with E-state index >= 15 is 0 Å². The van der Waals surface area contributed by atoms with Crippen LogP contribution in [0, 0.1) is 0 Å². The van der Waals surface area contributed by atoms with E-state index in [0.29, 0.717) is 27.7 Å². The van der Waals surface area contributed by atoms with Crippen LogP contribution in [0.2, 0.25) is 5.02 Å². The van der Waals surface area contributed by atoms with Gasteiger partial charge in [0.15, 0.2) is 5.69 Å². The number of rotatable bonds is 7. The number of benzene rings is 2. The third kappa shape index (κ3) is 6.34. The molecule has 0 aliphatic carbocycles. The SMILES string of the molecule is CC(C(=O)NCc1cc(C(F)(F)F)nn1-c1cccc(Cl)c1)c1ccc(NC(=O)c2ccccc2)nc1. The van der Waals surface area contributed by atoms with Crippen molar-refractivity contribution >= 4 is 29.2 Å². The van der Waals surface area contributed by atoms with Gasteiger partial charge in [-0.25, -0.2) is 9.67 Å². The van der Waals surface area contributed by atoms with Crippen LogP contribution in [0.5, 0.6) is 0 Å². The van der Waals surface area contributed by atoms with Crippen LogP contribution in [0.4, 0.5) is 19.0 Å². The van der Waals surface area contributed by atoms with Crippen molar-refractivity contribution in [2.24, 2.45) is 0 Å². The van der Waals surface area contributed by atoms with Crippen molar-refractivity contribution in [1.29, 1.82) is 0 Å². The smallest absolute Gasteiger partial charge is 0.350 e. The van der Waals surface area contributed by atoms with Crippen molar-refractivity contribution in [2.45, 2.75) is 25.6 Å². The van der Waals surface area contributed by atoms with Crippen LogP contribution in [0.3, 0.4) is 0 Å². The Kier molecular flexibility index (Phi) is 7.58. The van der Waals surface area contributed by atoms with E-state index in [1.807, 2.05) is 0 Å². The van der Waals surface area contributed by atoms with Gasteiger partial charge < -0.3 is 10.6 Å². The minimum absolute atomic E-state index is 0.132. The molecule has 7 nitrogen and oxygen atoms in total. The molecule has 37 heavy (non-hydrogen) atoms. The zero-order valence-corrected chi connectivity index (χ0v) is 20.2. The number of carbonyl (C=O) groups is 2. The monoisotopic (exact) mass is 527 g/mol. The maximum Gasteiger partial charge on any atom is 0.435 e. The maximum atomic E-state index is 13.3. The fourth-order valence-electron chi connectivity index (χ4n) is 3.51. The summed E-state index contributed by atoms with van der Waals surface area (Å²) in [6.07, 6.45) is -3.19. The second-order valence-electron chi connectivity index (χ2n) is 8.15. The summed E-state index contributed by atoms with van der Waals surface area (Å²) < 4.78 is 41.0. The molecule has 2 N–H and O–H groups in total. The predicted octanol–water partition coefficient (Wildman–Crippen LogP) is 5.61. The quantitative estimate of drug-likeness (QED) is 0.327. The lowest BCUT2D eigenvalue weighted by molar-refractivity contribution is -0.141. The third-order valence-electron chi connectivity index (χ3n) is 5.53. The lowest BCUT2D eigenvalue weighted by atomic mass is 10.0. The lowest BCUT2D eigenvalue weighted by Crippen LogP contribution is -2.28. The Morgan fingerprint density at radius 1 is 1.03 bits per heavy atom. The van der Waals surface area contributed by atoms with Gasteiger partial charge in [0.2, 0.25) is 5.91 Å². The van der Waals surface area contributed by atoms with Crippen LogP contribution in [0.1, 0.15) is 40.2 Å². The van der Waals surface area contributed by atoms with Crippen LogP contribution >= 0.6 is 11.6 Å². The number of nitrogens with one attached hydrogen (secondary N) is 2. The van der Waals surface area contributed by atoms with Crippen molar-refractivity contribution in [1.82, 2.24) is 20.1 Å². The minimum Gasteiger partial charge on any atom is -0.350 e. The summed E-state index contributed by atoms with van der Waals surface area (Å²) in [6.45, 7) is 1.45. The van der Waals surface area contributed by atoms with Gasteiger partial charge in [-0.1, -0.05) is 41.9 Å². The molecule has 11 heteroatoms. The van der Waals surface area contributed by atoms with E-state index in [0.717, 1.165) is 10.7 Å². The molecule has 0 fully saturated rings. The van der Waals surface area contributed by atoms with E-state index in [9.17, 15) is 22.8 Å². The molecular weight excluding hydrogens is 507 g/mol. The predicted molar refractivity (Wildman–Crippen MR) is 132 cm³/mol. The van der Waals surface area contributed by atoms with Gasteiger partial charge in [-0.05, 0) is 55.0 Å². The van der Waals surface area contributed by atoms with Crippen molar-refractivity contribution in [3.05, 3.63) is 107 Å². The van der Waals surface area contributed by atoms with Crippen LogP contribution in [-0.2, 0) is 17.5 Å². The molecule has 4 aromatic rings. The molecule has 0 saturated carbocycles. The fraction of sp³-hybridized carbons (Fsp3) is 0.154.